The van der Waals surface area contributed by atoms with Gasteiger partial charge in [0.05, 0.1) is 14.2 Å². The van der Waals surface area contributed by atoms with Crippen LogP contribution in [-0.2, 0) is 6.54 Å². The van der Waals surface area contributed by atoms with Crippen molar-refractivity contribution >= 4 is 0 Å². The van der Waals surface area contributed by atoms with Gasteiger partial charge in [0.15, 0.2) is 11.5 Å². The number of methoxy groups -OCH3 is 2. The van der Waals surface area contributed by atoms with Crippen molar-refractivity contribution in [2.45, 2.75) is 19.4 Å². The van der Waals surface area contributed by atoms with Crippen LogP contribution >= 0.6 is 0 Å². The van der Waals surface area contributed by atoms with E-state index in [2.05, 4.69) is 41.3 Å². The molecule has 0 radical (unpaired) electrons. The molecule has 1 aliphatic rings. The smallest absolute Gasteiger partial charge is 0.161 e. The molecule has 0 bridgehead atoms. The summed E-state index contributed by atoms with van der Waals surface area (Å²) in [5.74, 6) is 1.97. The Morgan fingerprint density at radius 3 is 2.24 bits per heavy atom. The van der Waals surface area contributed by atoms with Crippen LogP contribution in [0.5, 0.6) is 11.5 Å². The zero-order chi connectivity index (χ0) is 17.6. The molecule has 1 saturated heterocycles. The van der Waals surface area contributed by atoms with Gasteiger partial charge in [0.25, 0.3) is 0 Å². The molecule has 0 aliphatic carbocycles. The number of hydrogen-bond acceptors (Lipinski definition) is 4. The Bertz CT molecular complexity index is 679. The fraction of sp³-hybridized carbons (Fsp3) is 0.429. The SMILES string of the molecule is COc1cc(CN2CCC(CO)CC2)c(-c2ccccc2)cc1OC. The van der Waals surface area contributed by atoms with E-state index < -0.39 is 0 Å². The Labute approximate surface area is 150 Å². The van der Waals surface area contributed by atoms with E-state index in [-0.39, 0.29) is 0 Å². The van der Waals surface area contributed by atoms with Gasteiger partial charge in [-0.15, -0.1) is 0 Å². The second-order valence-electron chi connectivity index (χ2n) is 6.63. The van der Waals surface area contributed by atoms with Crippen molar-refractivity contribution in [2.24, 2.45) is 5.92 Å². The number of aliphatic hydroxyl groups excluding tert-OH is 1. The normalized spacial score (nSPS) is 16.0. The fourth-order valence-corrected chi connectivity index (χ4v) is 3.51. The monoisotopic (exact) mass is 341 g/mol. The Kier molecular flexibility index (Phi) is 5.95. The molecule has 0 unspecified atom stereocenters. The van der Waals surface area contributed by atoms with Crippen LogP contribution in [-0.4, -0.2) is 43.9 Å². The predicted octanol–water partition coefficient (Wildman–Crippen LogP) is 3.58. The van der Waals surface area contributed by atoms with Crippen LogP contribution in [0.15, 0.2) is 42.5 Å². The molecule has 0 atom stereocenters. The summed E-state index contributed by atoms with van der Waals surface area (Å²) in [4.78, 5) is 2.46. The first-order valence-electron chi connectivity index (χ1n) is 8.88. The molecule has 1 fully saturated rings. The maximum atomic E-state index is 9.34. The molecular formula is C21H27NO3. The van der Waals surface area contributed by atoms with Crippen LogP contribution < -0.4 is 9.47 Å². The van der Waals surface area contributed by atoms with Crippen molar-refractivity contribution in [3.8, 4) is 22.6 Å². The number of rotatable bonds is 6. The Morgan fingerprint density at radius 1 is 1.00 bits per heavy atom. The highest BCUT2D eigenvalue weighted by Gasteiger charge is 2.20. The van der Waals surface area contributed by atoms with Gasteiger partial charge < -0.3 is 14.6 Å². The van der Waals surface area contributed by atoms with Crippen molar-refractivity contribution in [3.63, 3.8) is 0 Å². The lowest BCUT2D eigenvalue weighted by Crippen LogP contribution is -2.34. The quantitative estimate of drug-likeness (QED) is 0.872. The highest BCUT2D eigenvalue weighted by Crippen LogP contribution is 2.36. The summed E-state index contributed by atoms with van der Waals surface area (Å²) >= 11 is 0. The van der Waals surface area contributed by atoms with E-state index in [0.717, 1.165) is 44.0 Å². The molecule has 2 aromatic carbocycles. The largest absolute Gasteiger partial charge is 0.493 e. The van der Waals surface area contributed by atoms with Crippen LogP contribution in [0.25, 0.3) is 11.1 Å². The lowest BCUT2D eigenvalue weighted by Gasteiger charge is -2.31. The molecule has 0 saturated carbocycles. The number of piperidine rings is 1. The average molecular weight is 341 g/mol. The van der Waals surface area contributed by atoms with E-state index in [0.29, 0.717) is 12.5 Å². The topological polar surface area (TPSA) is 41.9 Å². The second kappa shape index (κ2) is 8.37. The summed E-state index contributed by atoms with van der Waals surface area (Å²) in [6.45, 7) is 3.23. The van der Waals surface area contributed by atoms with Gasteiger partial charge >= 0.3 is 0 Å². The Balaban J connectivity index is 1.91. The minimum Gasteiger partial charge on any atom is -0.493 e. The van der Waals surface area contributed by atoms with Gasteiger partial charge in [-0.25, -0.2) is 0 Å². The standard InChI is InChI=1S/C21H27NO3/c1-24-20-12-18(14-22-10-8-16(15-23)9-11-22)19(13-21(20)25-2)17-6-4-3-5-7-17/h3-7,12-13,16,23H,8-11,14-15H2,1-2H3. The summed E-state index contributed by atoms with van der Waals surface area (Å²) < 4.78 is 11.0. The average Bonchev–Trinajstić information content (AvgIpc) is 2.69. The van der Waals surface area contributed by atoms with E-state index >= 15 is 0 Å². The molecule has 1 aliphatic heterocycles. The van der Waals surface area contributed by atoms with Crippen LogP contribution in [0.4, 0.5) is 0 Å². The molecule has 25 heavy (non-hydrogen) atoms. The lowest BCUT2D eigenvalue weighted by molar-refractivity contribution is 0.127. The molecule has 0 amide bonds. The van der Waals surface area contributed by atoms with Crippen LogP contribution in [0, 0.1) is 5.92 Å². The number of likely N-dealkylation sites (tertiary alicyclic amines) is 1. The molecule has 1 N–H and O–H groups in total. The van der Waals surface area contributed by atoms with Crippen molar-refractivity contribution in [1.29, 1.82) is 0 Å². The summed E-state index contributed by atoms with van der Waals surface area (Å²) in [6, 6.07) is 14.6. The summed E-state index contributed by atoms with van der Waals surface area (Å²) in [7, 11) is 3.35. The first kappa shape index (κ1) is 17.8. The molecule has 4 heteroatoms. The number of hydrogen-bond donors (Lipinski definition) is 1. The third-order valence-electron chi connectivity index (χ3n) is 5.05. The summed E-state index contributed by atoms with van der Waals surface area (Å²) in [5.41, 5.74) is 3.61. The molecule has 3 rings (SSSR count). The first-order chi connectivity index (χ1) is 12.2. The number of benzene rings is 2. The van der Waals surface area contributed by atoms with Gasteiger partial charge in [0.1, 0.15) is 0 Å². The van der Waals surface area contributed by atoms with Crippen molar-refractivity contribution in [2.75, 3.05) is 33.9 Å². The van der Waals surface area contributed by atoms with Crippen molar-refractivity contribution in [1.82, 2.24) is 4.90 Å². The molecule has 134 valence electrons. The van der Waals surface area contributed by atoms with Gasteiger partial charge in [0.2, 0.25) is 0 Å². The highest BCUT2D eigenvalue weighted by atomic mass is 16.5. The van der Waals surface area contributed by atoms with Gasteiger partial charge in [-0.2, -0.15) is 0 Å². The minimum atomic E-state index is 0.305. The zero-order valence-electron chi connectivity index (χ0n) is 15.1. The van der Waals surface area contributed by atoms with E-state index in [1.54, 1.807) is 14.2 Å². The van der Waals surface area contributed by atoms with E-state index in [1.807, 2.05) is 6.07 Å². The van der Waals surface area contributed by atoms with E-state index in [1.165, 1.54) is 16.7 Å². The fourth-order valence-electron chi connectivity index (χ4n) is 3.51. The predicted molar refractivity (Wildman–Crippen MR) is 100 cm³/mol. The maximum Gasteiger partial charge on any atom is 0.161 e. The zero-order valence-corrected chi connectivity index (χ0v) is 15.1. The third kappa shape index (κ3) is 4.14. The summed E-state index contributed by atoms with van der Waals surface area (Å²) in [5, 5.41) is 9.34. The van der Waals surface area contributed by atoms with Gasteiger partial charge in [-0.3, -0.25) is 4.90 Å². The first-order valence-corrected chi connectivity index (χ1v) is 8.88. The van der Waals surface area contributed by atoms with Crippen LogP contribution in [0.3, 0.4) is 0 Å². The maximum absolute atomic E-state index is 9.34. The van der Waals surface area contributed by atoms with Gasteiger partial charge in [0, 0.05) is 13.2 Å². The number of ether oxygens (including phenoxy) is 2. The molecule has 2 aromatic rings. The van der Waals surface area contributed by atoms with E-state index in [4.69, 9.17) is 9.47 Å². The second-order valence-corrected chi connectivity index (χ2v) is 6.63. The Hall–Kier alpha value is -2.04. The van der Waals surface area contributed by atoms with Gasteiger partial charge in [-0.05, 0) is 60.7 Å². The van der Waals surface area contributed by atoms with Crippen LogP contribution in [0.1, 0.15) is 18.4 Å². The van der Waals surface area contributed by atoms with Crippen molar-refractivity contribution < 1.29 is 14.6 Å². The molecule has 1 heterocycles. The molecule has 0 aromatic heterocycles. The van der Waals surface area contributed by atoms with E-state index in [9.17, 15) is 5.11 Å². The van der Waals surface area contributed by atoms with Crippen LogP contribution in [0.2, 0.25) is 0 Å². The summed E-state index contributed by atoms with van der Waals surface area (Å²) in [6.07, 6.45) is 2.12. The molecule has 0 spiro atoms. The minimum absolute atomic E-state index is 0.305. The lowest BCUT2D eigenvalue weighted by atomic mass is 9.95. The number of nitrogens with zero attached hydrogens (tertiary/aromatic N) is 1. The molecular weight excluding hydrogens is 314 g/mol. The number of aliphatic hydroxyl groups is 1. The highest BCUT2D eigenvalue weighted by molar-refractivity contribution is 5.71. The van der Waals surface area contributed by atoms with Gasteiger partial charge in [-0.1, -0.05) is 30.3 Å². The third-order valence-corrected chi connectivity index (χ3v) is 5.05. The molecule has 4 nitrogen and oxygen atoms in total. The Morgan fingerprint density at radius 2 is 1.64 bits per heavy atom. The van der Waals surface area contributed by atoms with Crippen molar-refractivity contribution in [3.05, 3.63) is 48.0 Å².